The van der Waals surface area contributed by atoms with Crippen LogP contribution in [0.2, 0.25) is 0 Å². The lowest BCUT2D eigenvalue weighted by molar-refractivity contribution is 0.0513. The van der Waals surface area contributed by atoms with E-state index in [-0.39, 0.29) is 5.97 Å². The lowest BCUT2D eigenvalue weighted by Crippen LogP contribution is -2.14. The Morgan fingerprint density at radius 1 is 1.62 bits per heavy atom. The van der Waals surface area contributed by atoms with Crippen molar-refractivity contribution in [3.05, 3.63) is 17.7 Å². The van der Waals surface area contributed by atoms with Gasteiger partial charge < -0.3 is 14.5 Å². The maximum Gasteiger partial charge on any atom is 0.374 e. The number of nitrogens with one attached hydrogen (secondary N) is 1. The van der Waals surface area contributed by atoms with Gasteiger partial charge in [0.2, 0.25) is 5.82 Å². The first-order valence-corrected chi connectivity index (χ1v) is 5.61. The molecule has 0 radical (unpaired) electrons. The summed E-state index contributed by atoms with van der Waals surface area (Å²) < 4.78 is 10.2. The molecule has 0 aliphatic carbocycles. The molecule has 2 rings (SSSR count). The van der Waals surface area contributed by atoms with Crippen LogP contribution in [0.15, 0.2) is 6.20 Å². The van der Waals surface area contributed by atoms with Crippen LogP contribution in [0.25, 0.3) is 0 Å². The number of nitrogens with zero attached hydrogens (tertiary/aromatic N) is 1. The minimum Gasteiger partial charge on any atom is -0.460 e. The highest BCUT2D eigenvalue weighted by Crippen LogP contribution is 2.25. The minimum absolute atomic E-state index is 0.295. The molecule has 1 aliphatic rings. The van der Waals surface area contributed by atoms with Gasteiger partial charge in [0.25, 0.3) is 0 Å². The summed E-state index contributed by atoms with van der Waals surface area (Å²) in [5.41, 5.74) is 1.01. The van der Waals surface area contributed by atoms with E-state index in [0.29, 0.717) is 18.3 Å². The van der Waals surface area contributed by atoms with Crippen LogP contribution in [0.5, 0.6) is 0 Å². The molecule has 0 amide bonds. The molecular formula is C11H16N2O3. The molecule has 1 N–H and O–H groups in total. The monoisotopic (exact) mass is 224 g/mol. The third-order valence-electron chi connectivity index (χ3n) is 2.73. The van der Waals surface area contributed by atoms with Crippen molar-refractivity contribution in [3.63, 3.8) is 0 Å². The molecule has 1 fully saturated rings. The molecule has 0 bridgehead atoms. The standard InChI is InChI=1S/C11H16N2O3/c1-2-16-11(14)10-12-7-9(13-10)8-3-5-15-6-4-8/h7-8H,2-6H2,1H3,(H,12,13). The van der Waals surface area contributed by atoms with Gasteiger partial charge in [0.1, 0.15) is 0 Å². The molecule has 16 heavy (non-hydrogen) atoms. The second kappa shape index (κ2) is 5.12. The Morgan fingerprint density at radius 2 is 2.38 bits per heavy atom. The number of hydrogen-bond acceptors (Lipinski definition) is 4. The molecule has 0 spiro atoms. The molecule has 1 aromatic heterocycles. The van der Waals surface area contributed by atoms with Gasteiger partial charge in [-0.15, -0.1) is 0 Å². The molecule has 1 saturated heterocycles. The molecule has 1 aromatic rings. The fourth-order valence-electron chi connectivity index (χ4n) is 1.85. The van der Waals surface area contributed by atoms with Crippen LogP contribution in [0.3, 0.4) is 0 Å². The summed E-state index contributed by atoms with van der Waals surface area (Å²) in [6, 6.07) is 0. The Balaban J connectivity index is 2.03. The van der Waals surface area contributed by atoms with Crippen molar-refractivity contribution in [1.82, 2.24) is 9.97 Å². The van der Waals surface area contributed by atoms with E-state index in [9.17, 15) is 4.79 Å². The summed E-state index contributed by atoms with van der Waals surface area (Å²) in [4.78, 5) is 18.5. The van der Waals surface area contributed by atoms with Crippen molar-refractivity contribution in [3.8, 4) is 0 Å². The number of aromatic amines is 1. The first kappa shape index (κ1) is 11.1. The number of aromatic nitrogens is 2. The number of rotatable bonds is 3. The van der Waals surface area contributed by atoms with E-state index in [1.54, 1.807) is 13.1 Å². The van der Waals surface area contributed by atoms with Crippen LogP contribution < -0.4 is 0 Å². The Morgan fingerprint density at radius 3 is 3.06 bits per heavy atom. The lowest BCUT2D eigenvalue weighted by Gasteiger charge is -2.20. The van der Waals surface area contributed by atoms with Gasteiger partial charge >= 0.3 is 5.97 Å². The van der Waals surface area contributed by atoms with E-state index in [1.165, 1.54) is 0 Å². The summed E-state index contributed by atoms with van der Waals surface area (Å²) >= 11 is 0. The van der Waals surface area contributed by atoms with Crippen LogP contribution in [-0.4, -0.2) is 35.8 Å². The van der Waals surface area contributed by atoms with Crippen LogP contribution in [-0.2, 0) is 9.47 Å². The van der Waals surface area contributed by atoms with E-state index in [0.717, 1.165) is 31.7 Å². The second-order valence-electron chi connectivity index (χ2n) is 3.79. The third-order valence-corrected chi connectivity index (χ3v) is 2.73. The molecule has 88 valence electrons. The Bertz CT molecular complexity index is 356. The maximum absolute atomic E-state index is 11.4. The molecule has 0 unspecified atom stereocenters. The quantitative estimate of drug-likeness (QED) is 0.790. The molecule has 0 aromatic carbocycles. The Hall–Kier alpha value is -1.36. The number of H-pyrrole nitrogens is 1. The molecule has 0 saturated carbocycles. The SMILES string of the molecule is CCOC(=O)c1ncc(C2CCOCC2)[nH]1. The topological polar surface area (TPSA) is 64.2 Å². The van der Waals surface area contributed by atoms with Gasteiger partial charge in [-0.3, -0.25) is 0 Å². The van der Waals surface area contributed by atoms with Crippen molar-refractivity contribution in [2.75, 3.05) is 19.8 Å². The molecule has 5 nitrogen and oxygen atoms in total. The van der Waals surface area contributed by atoms with E-state index >= 15 is 0 Å². The zero-order chi connectivity index (χ0) is 11.4. The lowest BCUT2D eigenvalue weighted by atomic mass is 9.97. The van der Waals surface area contributed by atoms with Crippen LogP contribution in [0.4, 0.5) is 0 Å². The highest BCUT2D eigenvalue weighted by atomic mass is 16.5. The van der Waals surface area contributed by atoms with E-state index in [1.807, 2.05) is 0 Å². The molecule has 0 atom stereocenters. The zero-order valence-electron chi connectivity index (χ0n) is 9.36. The van der Waals surface area contributed by atoms with Crippen LogP contribution in [0, 0.1) is 0 Å². The smallest absolute Gasteiger partial charge is 0.374 e. The Kier molecular flexibility index (Phi) is 3.56. The molecule has 1 aliphatic heterocycles. The largest absolute Gasteiger partial charge is 0.460 e. The fraction of sp³-hybridized carbons (Fsp3) is 0.636. The van der Waals surface area contributed by atoms with Gasteiger partial charge in [-0.05, 0) is 19.8 Å². The van der Waals surface area contributed by atoms with Gasteiger partial charge in [0, 0.05) is 31.0 Å². The normalized spacial score (nSPS) is 17.3. The first-order chi connectivity index (χ1) is 7.81. The van der Waals surface area contributed by atoms with Gasteiger partial charge in [0.05, 0.1) is 6.61 Å². The number of carbonyl (C=O) groups excluding carboxylic acids is 1. The number of hydrogen-bond donors (Lipinski definition) is 1. The number of carbonyl (C=O) groups is 1. The van der Waals surface area contributed by atoms with Crippen LogP contribution in [0.1, 0.15) is 42.0 Å². The average Bonchev–Trinajstić information content (AvgIpc) is 2.80. The van der Waals surface area contributed by atoms with Gasteiger partial charge in [-0.1, -0.05) is 0 Å². The van der Waals surface area contributed by atoms with Gasteiger partial charge in [-0.25, -0.2) is 9.78 Å². The molecule has 2 heterocycles. The van der Waals surface area contributed by atoms with Crippen LogP contribution >= 0.6 is 0 Å². The number of esters is 1. The van der Waals surface area contributed by atoms with Gasteiger partial charge in [-0.2, -0.15) is 0 Å². The van der Waals surface area contributed by atoms with E-state index in [4.69, 9.17) is 9.47 Å². The summed E-state index contributed by atoms with van der Waals surface area (Å²) in [5.74, 6) is 0.327. The summed E-state index contributed by atoms with van der Waals surface area (Å²) in [6.07, 6.45) is 3.68. The van der Waals surface area contributed by atoms with Gasteiger partial charge in [0.15, 0.2) is 0 Å². The van der Waals surface area contributed by atoms with Crippen molar-refractivity contribution in [2.24, 2.45) is 0 Å². The fourth-order valence-corrected chi connectivity index (χ4v) is 1.85. The summed E-state index contributed by atoms with van der Waals surface area (Å²) in [5, 5.41) is 0. The predicted octanol–water partition coefficient (Wildman–Crippen LogP) is 1.48. The number of ether oxygens (including phenoxy) is 2. The van der Waals surface area contributed by atoms with Crippen molar-refractivity contribution in [2.45, 2.75) is 25.7 Å². The van der Waals surface area contributed by atoms with Crippen molar-refractivity contribution < 1.29 is 14.3 Å². The second-order valence-corrected chi connectivity index (χ2v) is 3.79. The average molecular weight is 224 g/mol. The highest BCUT2D eigenvalue weighted by molar-refractivity contribution is 5.85. The van der Waals surface area contributed by atoms with Crippen molar-refractivity contribution >= 4 is 5.97 Å². The minimum atomic E-state index is -0.388. The maximum atomic E-state index is 11.4. The highest BCUT2D eigenvalue weighted by Gasteiger charge is 2.19. The predicted molar refractivity (Wildman–Crippen MR) is 57.3 cm³/mol. The Labute approximate surface area is 94.2 Å². The molecule has 5 heteroatoms. The number of imidazole rings is 1. The van der Waals surface area contributed by atoms with E-state index < -0.39 is 0 Å². The summed E-state index contributed by atoms with van der Waals surface area (Å²) in [7, 11) is 0. The molecular weight excluding hydrogens is 208 g/mol. The van der Waals surface area contributed by atoms with E-state index in [2.05, 4.69) is 9.97 Å². The summed E-state index contributed by atoms with van der Waals surface area (Å²) in [6.45, 7) is 3.70. The first-order valence-electron chi connectivity index (χ1n) is 5.61. The van der Waals surface area contributed by atoms with Crippen molar-refractivity contribution in [1.29, 1.82) is 0 Å². The third kappa shape index (κ3) is 2.41. The zero-order valence-corrected chi connectivity index (χ0v) is 9.36.